The van der Waals surface area contributed by atoms with Gasteiger partial charge in [0.15, 0.2) is 5.13 Å². The highest BCUT2D eigenvalue weighted by atomic mass is 32.2. The molecule has 1 aliphatic rings. The van der Waals surface area contributed by atoms with Crippen LogP contribution in [0.25, 0.3) is 16.9 Å². The summed E-state index contributed by atoms with van der Waals surface area (Å²) in [5, 5.41) is 10.5. The first-order valence-corrected chi connectivity index (χ1v) is 12.6. The predicted molar refractivity (Wildman–Crippen MR) is 133 cm³/mol. The van der Waals surface area contributed by atoms with E-state index in [9.17, 15) is 4.79 Å². The number of rotatable bonds is 9. The smallest absolute Gasteiger partial charge is 0.236 e. The lowest BCUT2D eigenvalue weighted by molar-refractivity contribution is -0.113. The van der Waals surface area contributed by atoms with Crippen LogP contribution < -0.4 is 14.8 Å². The Balaban J connectivity index is 1.25. The van der Waals surface area contributed by atoms with Crippen molar-refractivity contribution in [3.8, 4) is 28.4 Å². The molecule has 0 saturated heterocycles. The number of nitrogens with one attached hydrogen (secondary N) is 1. The zero-order chi connectivity index (χ0) is 23.5. The summed E-state index contributed by atoms with van der Waals surface area (Å²) in [6.07, 6.45) is 2.25. The summed E-state index contributed by atoms with van der Waals surface area (Å²) in [6.45, 7) is 0. The highest BCUT2D eigenvalue weighted by Gasteiger charge is 2.30. The summed E-state index contributed by atoms with van der Waals surface area (Å²) in [5.74, 6) is 2.84. The number of benzene rings is 2. The summed E-state index contributed by atoms with van der Waals surface area (Å²) >= 11 is 2.68. The van der Waals surface area contributed by atoms with Gasteiger partial charge in [-0.1, -0.05) is 30.0 Å². The highest BCUT2D eigenvalue weighted by molar-refractivity contribution is 7.99. The van der Waals surface area contributed by atoms with Crippen LogP contribution >= 0.6 is 23.1 Å². The Morgan fingerprint density at radius 2 is 1.97 bits per heavy atom. The molecular formula is C24H23N5O3S2. The third-order valence-corrected chi connectivity index (χ3v) is 6.92. The van der Waals surface area contributed by atoms with Crippen molar-refractivity contribution < 1.29 is 14.3 Å². The van der Waals surface area contributed by atoms with E-state index in [1.165, 1.54) is 23.1 Å². The van der Waals surface area contributed by atoms with E-state index in [0.717, 1.165) is 29.9 Å². The van der Waals surface area contributed by atoms with Crippen molar-refractivity contribution in [1.29, 1.82) is 0 Å². The van der Waals surface area contributed by atoms with Crippen molar-refractivity contribution >= 4 is 34.1 Å². The lowest BCUT2D eigenvalue weighted by Gasteiger charge is -2.08. The molecule has 1 aliphatic carbocycles. The molecule has 1 N–H and O–H groups in total. The number of thiazole rings is 1. The van der Waals surface area contributed by atoms with Gasteiger partial charge in [0.2, 0.25) is 11.1 Å². The fourth-order valence-electron chi connectivity index (χ4n) is 3.49. The maximum absolute atomic E-state index is 12.6. The Morgan fingerprint density at radius 3 is 2.71 bits per heavy atom. The molecule has 1 fully saturated rings. The topological polar surface area (TPSA) is 91.2 Å². The van der Waals surface area contributed by atoms with E-state index < -0.39 is 0 Å². The largest absolute Gasteiger partial charge is 0.497 e. The van der Waals surface area contributed by atoms with Crippen LogP contribution in [0.3, 0.4) is 0 Å². The third-order valence-electron chi connectivity index (χ3n) is 5.32. The van der Waals surface area contributed by atoms with Crippen LogP contribution in [0.4, 0.5) is 5.13 Å². The number of carbonyl (C=O) groups excluding carboxylic acids is 1. The molecule has 0 unspecified atom stereocenters. The molecule has 174 valence electrons. The number of anilines is 1. The summed E-state index contributed by atoms with van der Waals surface area (Å²) in [6, 6.07) is 15.5. The van der Waals surface area contributed by atoms with Gasteiger partial charge < -0.3 is 14.8 Å². The summed E-state index contributed by atoms with van der Waals surface area (Å²) in [5.41, 5.74) is 2.49. The number of thioether (sulfide) groups is 1. The Bertz CT molecular complexity index is 1300. The molecule has 5 rings (SSSR count). The molecule has 2 aromatic heterocycles. The predicted octanol–water partition coefficient (Wildman–Crippen LogP) is 5.02. The van der Waals surface area contributed by atoms with E-state index in [0.29, 0.717) is 33.4 Å². The van der Waals surface area contributed by atoms with E-state index in [-0.39, 0.29) is 11.7 Å². The third kappa shape index (κ3) is 4.92. The Kier molecular flexibility index (Phi) is 6.50. The number of hydrogen-bond acceptors (Lipinski definition) is 8. The second-order valence-corrected chi connectivity index (χ2v) is 9.52. The number of nitrogens with zero attached hydrogens (tertiary/aromatic N) is 4. The first-order chi connectivity index (χ1) is 16.6. The van der Waals surface area contributed by atoms with Crippen molar-refractivity contribution in [3.05, 3.63) is 59.7 Å². The summed E-state index contributed by atoms with van der Waals surface area (Å²) in [7, 11) is 3.22. The molecule has 0 bridgehead atoms. The number of amides is 1. The Hall–Kier alpha value is -3.37. The van der Waals surface area contributed by atoms with Gasteiger partial charge in [0.25, 0.3) is 0 Å². The monoisotopic (exact) mass is 493 g/mol. The van der Waals surface area contributed by atoms with Crippen LogP contribution in [0.5, 0.6) is 11.5 Å². The maximum atomic E-state index is 12.6. The van der Waals surface area contributed by atoms with E-state index in [1.54, 1.807) is 14.2 Å². The molecule has 0 spiro atoms. The van der Waals surface area contributed by atoms with Crippen molar-refractivity contribution in [2.24, 2.45) is 0 Å². The zero-order valence-corrected chi connectivity index (χ0v) is 20.4. The van der Waals surface area contributed by atoms with Gasteiger partial charge in [0.1, 0.15) is 17.3 Å². The number of aromatic nitrogens is 4. The standard InChI is InChI=1S/C24H23N5O3S2/c1-31-17-10-11-20(32-2)18(12-17)19-13-33-23(25-19)26-21(30)14-34-24-27-22(15-8-9-15)29(28-24)16-6-4-3-5-7-16/h3-7,10-13,15H,8-9,14H2,1-2H3,(H,25,26,30). The first kappa shape index (κ1) is 22.4. The molecule has 0 aliphatic heterocycles. The van der Waals surface area contributed by atoms with Gasteiger partial charge in [-0.25, -0.2) is 14.6 Å². The minimum atomic E-state index is -0.160. The second kappa shape index (κ2) is 9.86. The van der Waals surface area contributed by atoms with Crippen LogP contribution in [0, 0.1) is 0 Å². The molecule has 0 atom stereocenters. The lowest BCUT2D eigenvalue weighted by Crippen LogP contribution is -2.14. The number of para-hydroxylation sites is 1. The molecule has 10 heteroatoms. The molecule has 1 amide bonds. The van der Waals surface area contributed by atoms with Crippen LogP contribution in [0.2, 0.25) is 0 Å². The van der Waals surface area contributed by atoms with Gasteiger partial charge in [-0.05, 0) is 43.2 Å². The summed E-state index contributed by atoms with van der Waals surface area (Å²) in [4.78, 5) is 21.8. The number of ether oxygens (including phenoxy) is 2. The summed E-state index contributed by atoms with van der Waals surface area (Å²) < 4.78 is 12.7. The van der Waals surface area contributed by atoms with Crippen molar-refractivity contribution in [3.63, 3.8) is 0 Å². The Morgan fingerprint density at radius 1 is 1.15 bits per heavy atom. The molecule has 4 aromatic rings. The maximum Gasteiger partial charge on any atom is 0.236 e. The van der Waals surface area contributed by atoms with Crippen molar-refractivity contribution in [1.82, 2.24) is 19.7 Å². The zero-order valence-electron chi connectivity index (χ0n) is 18.7. The van der Waals surface area contributed by atoms with Gasteiger partial charge in [0, 0.05) is 16.9 Å². The minimum absolute atomic E-state index is 0.160. The first-order valence-electron chi connectivity index (χ1n) is 10.8. The number of hydrogen-bond donors (Lipinski definition) is 1. The van der Waals surface area contributed by atoms with Gasteiger partial charge in [-0.15, -0.1) is 16.4 Å². The average molecular weight is 494 g/mol. The van der Waals surface area contributed by atoms with Crippen LogP contribution in [0.15, 0.2) is 59.1 Å². The number of carbonyl (C=O) groups is 1. The fraction of sp³-hybridized carbons (Fsp3) is 0.250. The van der Waals surface area contributed by atoms with E-state index in [1.807, 2.05) is 58.6 Å². The van der Waals surface area contributed by atoms with E-state index >= 15 is 0 Å². The molecule has 0 radical (unpaired) electrons. The molecular weight excluding hydrogens is 470 g/mol. The average Bonchev–Trinajstić information content (AvgIpc) is 3.46. The van der Waals surface area contributed by atoms with Gasteiger partial charge in [0.05, 0.1) is 31.4 Å². The van der Waals surface area contributed by atoms with Crippen molar-refractivity contribution in [2.45, 2.75) is 23.9 Å². The van der Waals surface area contributed by atoms with E-state index in [2.05, 4.69) is 15.4 Å². The van der Waals surface area contributed by atoms with Crippen LogP contribution in [-0.4, -0.2) is 45.6 Å². The highest BCUT2D eigenvalue weighted by Crippen LogP contribution is 2.40. The molecule has 8 nitrogen and oxygen atoms in total. The lowest BCUT2D eigenvalue weighted by atomic mass is 10.1. The van der Waals surface area contributed by atoms with Gasteiger partial charge in [-0.2, -0.15) is 0 Å². The second-order valence-electron chi connectivity index (χ2n) is 7.72. The molecule has 2 heterocycles. The Labute approximate surface area is 205 Å². The normalized spacial score (nSPS) is 13.0. The molecule has 34 heavy (non-hydrogen) atoms. The quantitative estimate of drug-likeness (QED) is 0.328. The van der Waals surface area contributed by atoms with Gasteiger partial charge in [-0.3, -0.25) is 4.79 Å². The fourth-order valence-corrected chi connectivity index (χ4v) is 4.84. The molecule has 2 aromatic carbocycles. The van der Waals surface area contributed by atoms with Gasteiger partial charge >= 0.3 is 0 Å². The number of methoxy groups -OCH3 is 2. The van der Waals surface area contributed by atoms with Crippen LogP contribution in [0.1, 0.15) is 24.6 Å². The minimum Gasteiger partial charge on any atom is -0.497 e. The molecule has 1 saturated carbocycles. The SMILES string of the molecule is COc1ccc(OC)c(-c2csc(NC(=O)CSc3nc(C4CC4)n(-c4ccccc4)n3)n2)c1. The van der Waals surface area contributed by atoms with Crippen molar-refractivity contribution in [2.75, 3.05) is 25.3 Å². The van der Waals surface area contributed by atoms with E-state index in [4.69, 9.17) is 14.5 Å². The van der Waals surface area contributed by atoms with Crippen LogP contribution in [-0.2, 0) is 4.79 Å².